The van der Waals surface area contributed by atoms with Gasteiger partial charge in [0, 0.05) is 44.1 Å². The van der Waals surface area contributed by atoms with Crippen LogP contribution in [0.15, 0.2) is 21.8 Å². The molecule has 3 atom stereocenters. The molecule has 1 aliphatic carbocycles. The molecule has 116 valence electrons. The number of rotatable bonds is 3. The molecule has 1 N–H and O–H groups in total. The lowest BCUT2D eigenvalue weighted by Gasteiger charge is -2.55. The van der Waals surface area contributed by atoms with Gasteiger partial charge in [-0.1, -0.05) is 19.0 Å². The van der Waals surface area contributed by atoms with Gasteiger partial charge < -0.3 is 19.5 Å². The third-order valence-corrected chi connectivity index (χ3v) is 4.85. The molecule has 6 heteroatoms. The first-order valence-electron chi connectivity index (χ1n) is 7.49. The molecule has 1 aliphatic heterocycles. The van der Waals surface area contributed by atoms with Gasteiger partial charge in [-0.2, -0.15) is 0 Å². The van der Waals surface area contributed by atoms with Crippen LogP contribution in [0, 0.1) is 11.3 Å². The largest absolute Gasteiger partial charge is 0.377 e. The molecule has 2 heterocycles. The van der Waals surface area contributed by atoms with Crippen molar-refractivity contribution in [2.45, 2.75) is 39.0 Å². The molecule has 2 aliphatic rings. The van der Waals surface area contributed by atoms with Gasteiger partial charge in [-0.15, -0.1) is 0 Å². The highest BCUT2D eigenvalue weighted by molar-refractivity contribution is 5.80. The Morgan fingerprint density at radius 3 is 3.05 bits per heavy atom. The van der Waals surface area contributed by atoms with Crippen LogP contribution in [0.3, 0.4) is 0 Å². The summed E-state index contributed by atoms with van der Waals surface area (Å²) in [6.07, 6.45) is 3.11. The molecule has 1 saturated carbocycles. The van der Waals surface area contributed by atoms with Gasteiger partial charge in [0.2, 0.25) is 0 Å². The zero-order valence-corrected chi connectivity index (χ0v) is 13.2. The van der Waals surface area contributed by atoms with Gasteiger partial charge in [0.25, 0.3) is 0 Å². The van der Waals surface area contributed by atoms with Gasteiger partial charge in [-0.05, 0) is 6.42 Å². The van der Waals surface area contributed by atoms with E-state index in [-0.39, 0.29) is 5.41 Å². The summed E-state index contributed by atoms with van der Waals surface area (Å²) in [7, 11) is 3.83. The molecular formula is C15H24N4O2. The quantitative estimate of drug-likeness (QED) is 0.675. The van der Waals surface area contributed by atoms with Crippen molar-refractivity contribution in [3.63, 3.8) is 0 Å². The summed E-state index contributed by atoms with van der Waals surface area (Å²) < 4.78 is 10.7. The fourth-order valence-corrected chi connectivity index (χ4v) is 3.74. The number of aromatic nitrogens is 1. The first-order chi connectivity index (χ1) is 10.0. The molecule has 0 amide bonds. The third-order valence-electron chi connectivity index (χ3n) is 4.85. The number of aliphatic imine (C=N–C) groups is 1. The number of nitrogens with one attached hydrogen (secondary N) is 1. The van der Waals surface area contributed by atoms with Crippen LogP contribution >= 0.6 is 0 Å². The van der Waals surface area contributed by atoms with E-state index in [2.05, 4.69) is 34.2 Å². The number of ether oxygens (including phenoxy) is 1. The van der Waals surface area contributed by atoms with Crippen LogP contribution in [-0.2, 0) is 11.3 Å². The average molecular weight is 292 g/mol. The first kappa shape index (κ1) is 14.4. The average Bonchev–Trinajstić information content (AvgIpc) is 3.09. The molecule has 21 heavy (non-hydrogen) atoms. The van der Waals surface area contributed by atoms with Gasteiger partial charge >= 0.3 is 0 Å². The zero-order chi connectivity index (χ0) is 15.0. The topological polar surface area (TPSA) is 62.9 Å². The second-order valence-corrected chi connectivity index (χ2v) is 6.58. The molecular weight excluding hydrogens is 268 g/mol. The molecule has 0 bridgehead atoms. The van der Waals surface area contributed by atoms with Crippen molar-refractivity contribution in [2.75, 3.05) is 20.7 Å². The van der Waals surface area contributed by atoms with E-state index in [1.165, 1.54) is 0 Å². The fraction of sp³-hybridized carbons (Fsp3) is 0.733. The molecule has 0 aromatic carbocycles. The molecule has 0 spiro atoms. The Bertz CT molecular complexity index is 512. The molecule has 3 unspecified atom stereocenters. The van der Waals surface area contributed by atoms with Gasteiger partial charge in [0.05, 0.1) is 12.6 Å². The minimum Gasteiger partial charge on any atom is -0.377 e. The summed E-state index contributed by atoms with van der Waals surface area (Å²) in [5, 5.41) is 7.56. The second-order valence-electron chi connectivity index (χ2n) is 6.58. The molecule has 6 nitrogen and oxygen atoms in total. The second kappa shape index (κ2) is 5.33. The summed E-state index contributed by atoms with van der Waals surface area (Å²) in [5.41, 5.74) is 1.04. The molecule has 1 aromatic heterocycles. The molecule has 0 radical (unpaired) electrons. The number of hydrogen-bond acceptors (Lipinski definition) is 4. The summed E-state index contributed by atoms with van der Waals surface area (Å²) in [5.74, 6) is 1.48. The van der Waals surface area contributed by atoms with Gasteiger partial charge in [-0.3, -0.25) is 4.99 Å². The van der Waals surface area contributed by atoms with Gasteiger partial charge in [0.1, 0.15) is 12.0 Å². The van der Waals surface area contributed by atoms with E-state index in [9.17, 15) is 0 Å². The van der Waals surface area contributed by atoms with Crippen molar-refractivity contribution in [1.29, 1.82) is 0 Å². The Kier molecular flexibility index (Phi) is 3.65. The van der Waals surface area contributed by atoms with Crippen LogP contribution in [0.1, 0.15) is 26.0 Å². The normalized spacial score (nSPS) is 30.7. The van der Waals surface area contributed by atoms with Crippen LogP contribution in [0.5, 0.6) is 0 Å². The van der Waals surface area contributed by atoms with Crippen molar-refractivity contribution >= 4 is 5.96 Å². The Morgan fingerprint density at radius 1 is 1.57 bits per heavy atom. The van der Waals surface area contributed by atoms with Crippen molar-refractivity contribution in [3.05, 3.63) is 18.0 Å². The van der Waals surface area contributed by atoms with Crippen molar-refractivity contribution < 1.29 is 9.26 Å². The van der Waals surface area contributed by atoms with Crippen molar-refractivity contribution in [1.82, 2.24) is 15.4 Å². The number of nitrogens with zero attached hydrogens (tertiary/aromatic N) is 3. The Hall–Kier alpha value is -1.56. The van der Waals surface area contributed by atoms with Crippen molar-refractivity contribution in [3.8, 4) is 0 Å². The maximum absolute atomic E-state index is 5.84. The van der Waals surface area contributed by atoms with Crippen LogP contribution in [0.4, 0.5) is 0 Å². The fourth-order valence-electron chi connectivity index (χ4n) is 3.74. The maximum Gasteiger partial charge on any atom is 0.193 e. The number of fused-ring (bicyclic) bond motifs is 1. The zero-order valence-electron chi connectivity index (χ0n) is 13.2. The summed E-state index contributed by atoms with van der Waals surface area (Å²) in [6, 6.07) is 2.28. The van der Waals surface area contributed by atoms with Crippen LogP contribution in [-0.4, -0.2) is 48.9 Å². The Labute approximate surface area is 125 Å². The minimum absolute atomic E-state index is 0.145. The van der Waals surface area contributed by atoms with E-state index in [1.54, 1.807) is 6.26 Å². The van der Waals surface area contributed by atoms with E-state index in [0.717, 1.165) is 24.7 Å². The van der Waals surface area contributed by atoms with Crippen LogP contribution in [0.25, 0.3) is 0 Å². The lowest BCUT2D eigenvalue weighted by atomic mass is 9.57. The highest BCUT2D eigenvalue weighted by Crippen LogP contribution is 2.52. The monoisotopic (exact) mass is 292 g/mol. The smallest absolute Gasteiger partial charge is 0.193 e. The lowest BCUT2D eigenvalue weighted by molar-refractivity contribution is -0.107. The van der Waals surface area contributed by atoms with E-state index in [1.807, 2.05) is 20.2 Å². The number of guanidine groups is 1. The molecule has 1 aromatic rings. The van der Waals surface area contributed by atoms with Crippen molar-refractivity contribution in [2.24, 2.45) is 16.3 Å². The van der Waals surface area contributed by atoms with E-state index in [0.29, 0.717) is 24.6 Å². The lowest BCUT2D eigenvalue weighted by Crippen LogP contribution is -2.67. The summed E-state index contributed by atoms with van der Waals surface area (Å²) >= 11 is 0. The predicted molar refractivity (Wildman–Crippen MR) is 79.9 cm³/mol. The van der Waals surface area contributed by atoms with Gasteiger partial charge in [0.15, 0.2) is 5.96 Å². The highest BCUT2D eigenvalue weighted by atomic mass is 16.5. The SMILES string of the molecule is CN=C(NC1C2CCOC2C1(C)C)N(C)Cc1ccon1. The number of hydrogen-bond donors (Lipinski definition) is 1. The molecule has 3 rings (SSSR count). The van der Waals surface area contributed by atoms with E-state index >= 15 is 0 Å². The molecule has 2 fully saturated rings. The van der Waals surface area contributed by atoms with E-state index < -0.39 is 0 Å². The summed E-state index contributed by atoms with van der Waals surface area (Å²) in [4.78, 5) is 6.47. The summed E-state index contributed by atoms with van der Waals surface area (Å²) in [6.45, 7) is 6.09. The minimum atomic E-state index is 0.145. The maximum atomic E-state index is 5.84. The Balaban J connectivity index is 1.65. The third kappa shape index (κ3) is 2.41. The van der Waals surface area contributed by atoms with E-state index in [4.69, 9.17) is 9.26 Å². The van der Waals surface area contributed by atoms with Crippen LogP contribution in [0.2, 0.25) is 0 Å². The standard InChI is InChI=1S/C15H24N4O2/c1-15(2)12(11-6-7-20-13(11)15)17-14(16-3)19(4)9-10-5-8-21-18-10/h5,8,11-13H,6-7,9H2,1-4H3,(H,16,17). The predicted octanol–water partition coefficient (Wildman–Crippen LogP) is 1.50. The highest BCUT2D eigenvalue weighted by Gasteiger charge is 2.59. The first-order valence-corrected chi connectivity index (χ1v) is 7.49. The van der Waals surface area contributed by atoms with Gasteiger partial charge in [-0.25, -0.2) is 0 Å². The van der Waals surface area contributed by atoms with Crippen LogP contribution < -0.4 is 5.32 Å². The molecule has 1 saturated heterocycles. The Morgan fingerprint density at radius 2 is 2.38 bits per heavy atom.